The van der Waals surface area contributed by atoms with Gasteiger partial charge in [-0.1, -0.05) is 29.8 Å². The van der Waals surface area contributed by atoms with Crippen LogP contribution in [0.1, 0.15) is 58.1 Å². The van der Waals surface area contributed by atoms with Gasteiger partial charge < -0.3 is 9.64 Å². The summed E-state index contributed by atoms with van der Waals surface area (Å²) in [5.74, 6) is 0.0126. The smallest absolute Gasteiger partial charge is 0.410 e. The van der Waals surface area contributed by atoms with Crippen molar-refractivity contribution in [2.75, 3.05) is 13.1 Å². The lowest BCUT2D eigenvalue weighted by Gasteiger charge is -2.38. The molecule has 0 N–H and O–H groups in total. The Morgan fingerprint density at radius 3 is 2.42 bits per heavy atom. The number of nitrogens with zero attached hydrogens (tertiary/aromatic N) is 2. The van der Waals surface area contributed by atoms with Gasteiger partial charge in [-0.2, -0.15) is 0 Å². The van der Waals surface area contributed by atoms with Gasteiger partial charge in [0.2, 0.25) is 5.91 Å². The number of benzene rings is 1. The van der Waals surface area contributed by atoms with Crippen LogP contribution in [0.15, 0.2) is 24.3 Å². The Balaban J connectivity index is 2.11. The van der Waals surface area contributed by atoms with Crippen molar-refractivity contribution < 1.29 is 14.3 Å². The molecule has 26 heavy (non-hydrogen) atoms. The van der Waals surface area contributed by atoms with Crippen molar-refractivity contribution in [1.82, 2.24) is 9.80 Å². The molecule has 1 fully saturated rings. The molecule has 1 atom stereocenters. The fraction of sp³-hybridized carbons (Fsp3) is 0.619. The van der Waals surface area contributed by atoms with Crippen LogP contribution in [0.4, 0.5) is 4.79 Å². The first-order chi connectivity index (χ1) is 12.2. The van der Waals surface area contributed by atoms with E-state index >= 15 is 0 Å². The van der Waals surface area contributed by atoms with Crippen LogP contribution in [0.5, 0.6) is 0 Å². The highest BCUT2D eigenvalue weighted by molar-refractivity contribution is 5.86. The largest absolute Gasteiger partial charge is 0.444 e. The molecule has 2 rings (SSSR count). The zero-order valence-corrected chi connectivity index (χ0v) is 16.7. The van der Waals surface area contributed by atoms with Crippen LogP contribution in [0, 0.1) is 6.92 Å². The molecule has 0 aromatic heterocycles. The van der Waals surface area contributed by atoms with E-state index in [1.54, 1.807) is 4.90 Å². The number of likely N-dealkylation sites (N-methyl/N-ethyl adjacent to an activating group) is 1. The molecule has 0 radical (unpaired) electrons. The van der Waals surface area contributed by atoms with E-state index in [4.69, 9.17) is 4.74 Å². The van der Waals surface area contributed by atoms with E-state index < -0.39 is 11.6 Å². The molecule has 1 aliphatic rings. The molecule has 1 aromatic rings. The van der Waals surface area contributed by atoms with Crippen LogP contribution in [-0.4, -0.2) is 46.5 Å². The molecule has 5 nitrogen and oxygen atoms in total. The number of hydrogen-bond acceptors (Lipinski definition) is 3. The first kappa shape index (κ1) is 20.3. The number of carbonyl (C=O) groups is 2. The number of ether oxygens (including phenoxy) is 1. The molecule has 0 aliphatic carbocycles. The standard InChI is InChI=1S/C21H32N2O3/c1-6-22(15-17-12-10-16(2)11-13-17)19(24)18-9-7-8-14-23(18)20(25)26-21(3,4)5/h10-13,18H,6-9,14-15H2,1-5H3. The summed E-state index contributed by atoms with van der Waals surface area (Å²) < 4.78 is 5.52. The summed E-state index contributed by atoms with van der Waals surface area (Å²) in [5.41, 5.74) is 1.74. The van der Waals surface area contributed by atoms with Crippen molar-refractivity contribution in [2.45, 2.75) is 72.1 Å². The Morgan fingerprint density at radius 2 is 1.85 bits per heavy atom. The molecule has 0 saturated carbocycles. The minimum atomic E-state index is -0.561. The lowest BCUT2D eigenvalue weighted by Crippen LogP contribution is -2.53. The number of piperidine rings is 1. The summed E-state index contributed by atoms with van der Waals surface area (Å²) in [6, 6.07) is 7.79. The summed E-state index contributed by atoms with van der Waals surface area (Å²) >= 11 is 0. The van der Waals surface area contributed by atoms with Gasteiger partial charge in [0.05, 0.1) is 0 Å². The van der Waals surface area contributed by atoms with Crippen molar-refractivity contribution in [3.05, 3.63) is 35.4 Å². The van der Waals surface area contributed by atoms with Crippen LogP contribution in [0.25, 0.3) is 0 Å². The highest BCUT2D eigenvalue weighted by Gasteiger charge is 2.36. The second-order valence-electron chi connectivity index (χ2n) is 8.02. The minimum absolute atomic E-state index is 0.0126. The lowest BCUT2D eigenvalue weighted by molar-refractivity contribution is -0.138. The Labute approximate surface area is 157 Å². The number of rotatable bonds is 4. The van der Waals surface area contributed by atoms with E-state index in [-0.39, 0.29) is 12.0 Å². The SMILES string of the molecule is CCN(Cc1ccc(C)cc1)C(=O)C1CCCCN1C(=O)OC(C)(C)C. The van der Waals surface area contributed by atoms with E-state index in [2.05, 4.69) is 24.3 Å². The van der Waals surface area contributed by atoms with Gasteiger partial charge in [0, 0.05) is 19.6 Å². The average molecular weight is 360 g/mol. The molecule has 1 aromatic carbocycles. The summed E-state index contributed by atoms with van der Waals surface area (Å²) in [4.78, 5) is 29.2. The predicted molar refractivity (Wildman–Crippen MR) is 103 cm³/mol. The first-order valence-corrected chi connectivity index (χ1v) is 9.55. The zero-order chi connectivity index (χ0) is 19.3. The van der Waals surface area contributed by atoms with Crippen LogP contribution in [0.2, 0.25) is 0 Å². The van der Waals surface area contributed by atoms with Crippen LogP contribution in [0.3, 0.4) is 0 Å². The molecule has 1 saturated heterocycles. The van der Waals surface area contributed by atoms with Gasteiger partial charge in [0.15, 0.2) is 0 Å². The summed E-state index contributed by atoms with van der Waals surface area (Å²) in [5, 5.41) is 0. The van der Waals surface area contributed by atoms with Gasteiger partial charge in [-0.3, -0.25) is 9.69 Å². The van der Waals surface area contributed by atoms with Crippen molar-refractivity contribution in [2.24, 2.45) is 0 Å². The summed E-state index contributed by atoms with van der Waals surface area (Å²) in [6.07, 6.45) is 2.18. The normalized spacial score (nSPS) is 17.7. The molecule has 1 unspecified atom stereocenters. The van der Waals surface area contributed by atoms with Crippen molar-refractivity contribution >= 4 is 12.0 Å². The molecule has 0 spiro atoms. The first-order valence-electron chi connectivity index (χ1n) is 9.55. The fourth-order valence-electron chi connectivity index (χ4n) is 3.20. The van der Waals surface area contributed by atoms with Gasteiger partial charge in [-0.25, -0.2) is 4.79 Å². The number of hydrogen-bond donors (Lipinski definition) is 0. The number of amides is 2. The maximum absolute atomic E-state index is 13.2. The van der Waals surface area contributed by atoms with Gasteiger partial charge in [0.1, 0.15) is 11.6 Å². The molecular weight excluding hydrogens is 328 g/mol. The molecule has 144 valence electrons. The maximum atomic E-state index is 13.2. The Morgan fingerprint density at radius 1 is 1.19 bits per heavy atom. The molecule has 5 heteroatoms. The van der Waals surface area contributed by atoms with Crippen molar-refractivity contribution in [3.63, 3.8) is 0 Å². The lowest BCUT2D eigenvalue weighted by atomic mass is 10.0. The van der Waals surface area contributed by atoms with E-state index in [0.717, 1.165) is 18.4 Å². The fourth-order valence-corrected chi connectivity index (χ4v) is 3.20. The monoisotopic (exact) mass is 360 g/mol. The van der Waals surface area contributed by atoms with E-state index in [1.807, 2.05) is 39.5 Å². The molecule has 0 bridgehead atoms. The third-order valence-corrected chi connectivity index (χ3v) is 4.60. The molecular formula is C21H32N2O3. The highest BCUT2D eigenvalue weighted by atomic mass is 16.6. The van der Waals surface area contributed by atoms with E-state index in [1.165, 1.54) is 5.56 Å². The van der Waals surface area contributed by atoms with E-state index in [0.29, 0.717) is 26.1 Å². The second kappa shape index (κ2) is 8.56. The van der Waals surface area contributed by atoms with Crippen LogP contribution in [-0.2, 0) is 16.1 Å². The Bertz CT molecular complexity index is 619. The summed E-state index contributed by atoms with van der Waals surface area (Å²) in [7, 11) is 0. The Kier molecular flexibility index (Phi) is 6.68. The number of carbonyl (C=O) groups excluding carboxylic acids is 2. The molecule has 2 amide bonds. The highest BCUT2D eigenvalue weighted by Crippen LogP contribution is 2.23. The summed E-state index contributed by atoms with van der Waals surface area (Å²) in [6.45, 7) is 11.3. The maximum Gasteiger partial charge on any atom is 0.410 e. The van der Waals surface area contributed by atoms with E-state index in [9.17, 15) is 9.59 Å². The molecule has 1 aliphatic heterocycles. The minimum Gasteiger partial charge on any atom is -0.444 e. The second-order valence-corrected chi connectivity index (χ2v) is 8.02. The molecule has 1 heterocycles. The Hall–Kier alpha value is -2.04. The van der Waals surface area contributed by atoms with Gasteiger partial charge in [-0.15, -0.1) is 0 Å². The third-order valence-electron chi connectivity index (χ3n) is 4.60. The van der Waals surface area contributed by atoms with Gasteiger partial charge >= 0.3 is 6.09 Å². The van der Waals surface area contributed by atoms with Crippen LogP contribution < -0.4 is 0 Å². The quantitative estimate of drug-likeness (QED) is 0.811. The van der Waals surface area contributed by atoms with Gasteiger partial charge in [0.25, 0.3) is 0 Å². The third kappa shape index (κ3) is 5.48. The van der Waals surface area contributed by atoms with Crippen LogP contribution >= 0.6 is 0 Å². The van der Waals surface area contributed by atoms with Crippen molar-refractivity contribution in [3.8, 4) is 0 Å². The average Bonchev–Trinajstić information content (AvgIpc) is 2.59. The van der Waals surface area contributed by atoms with Gasteiger partial charge in [-0.05, 0) is 59.4 Å². The topological polar surface area (TPSA) is 49.9 Å². The predicted octanol–water partition coefficient (Wildman–Crippen LogP) is 4.13. The zero-order valence-electron chi connectivity index (χ0n) is 16.7. The number of likely N-dealkylation sites (tertiary alicyclic amines) is 1. The number of aryl methyl sites for hydroxylation is 1. The van der Waals surface area contributed by atoms with Crippen molar-refractivity contribution in [1.29, 1.82) is 0 Å².